The van der Waals surface area contributed by atoms with Crippen LogP contribution in [0.4, 0.5) is 0 Å². The second kappa shape index (κ2) is 5.38. The Balaban J connectivity index is 1.76. The van der Waals surface area contributed by atoms with E-state index in [9.17, 15) is 10.2 Å². The Hall–Kier alpha value is -1.81. The van der Waals surface area contributed by atoms with Crippen LogP contribution in [0.1, 0.15) is 35.1 Å². The van der Waals surface area contributed by atoms with Crippen molar-refractivity contribution in [1.82, 2.24) is 0 Å². The molecule has 0 radical (unpaired) electrons. The van der Waals surface area contributed by atoms with Gasteiger partial charge in [-0.2, -0.15) is 0 Å². The molecule has 0 amide bonds. The van der Waals surface area contributed by atoms with Gasteiger partial charge in [-0.05, 0) is 11.1 Å². The standard InChI is InChI=1S/C20H18O2S/c21-19(13-5-9-15-7-1-3-11-17(15)19)23-20(22)14-6-10-16-8-2-4-12-18(16)20/h1-12,21-22H,13-14H2. The molecule has 0 fully saturated rings. The highest BCUT2D eigenvalue weighted by Gasteiger charge is 2.44. The normalized spacial score (nSPS) is 28.3. The van der Waals surface area contributed by atoms with Crippen molar-refractivity contribution < 1.29 is 10.2 Å². The van der Waals surface area contributed by atoms with Crippen LogP contribution in [-0.4, -0.2) is 10.2 Å². The molecule has 2 N–H and O–H groups in total. The minimum Gasteiger partial charge on any atom is -0.375 e. The molecular weight excluding hydrogens is 304 g/mol. The summed E-state index contributed by atoms with van der Waals surface area (Å²) >= 11 is 1.24. The van der Waals surface area contributed by atoms with Crippen LogP contribution in [0, 0.1) is 0 Å². The van der Waals surface area contributed by atoms with Crippen molar-refractivity contribution in [2.45, 2.75) is 22.7 Å². The fourth-order valence-corrected chi connectivity index (χ4v) is 4.89. The Kier molecular flexibility index (Phi) is 3.45. The molecule has 2 aromatic rings. The van der Waals surface area contributed by atoms with E-state index in [-0.39, 0.29) is 0 Å². The number of rotatable bonds is 2. The lowest BCUT2D eigenvalue weighted by molar-refractivity contribution is 0.104. The predicted octanol–water partition coefficient (Wildman–Crippen LogP) is 4.24. The van der Waals surface area contributed by atoms with E-state index >= 15 is 0 Å². The highest BCUT2D eigenvalue weighted by molar-refractivity contribution is 8.00. The average molecular weight is 322 g/mol. The SMILES string of the molecule is OC1(SC2(O)CC=Cc3ccccc32)CC=Cc2ccccc21. The molecule has 2 aromatic carbocycles. The molecule has 2 unspecified atom stereocenters. The van der Waals surface area contributed by atoms with Gasteiger partial charge in [0.2, 0.25) is 0 Å². The van der Waals surface area contributed by atoms with Crippen molar-refractivity contribution in [2.24, 2.45) is 0 Å². The second-order valence-electron chi connectivity index (χ2n) is 6.06. The Morgan fingerprint density at radius 3 is 1.61 bits per heavy atom. The van der Waals surface area contributed by atoms with Crippen LogP contribution in [0.5, 0.6) is 0 Å². The number of hydrogen-bond donors (Lipinski definition) is 2. The lowest BCUT2D eigenvalue weighted by atomic mass is 9.93. The van der Waals surface area contributed by atoms with Crippen molar-refractivity contribution in [1.29, 1.82) is 0 Å². The quantitative estimate of drug-likeness (QED) is 0.812. The van der Waals surface area contributed by atoms with Crippen LogP contribution in [0.2, 0.25) is 0 Å². The summed E-state index contributed by atoms with van der Waals surface area (Å²) in [5.74, 6) is 0. The Bertz CT molecular complexity index is 743. The van der Waals surface area contributed by atoms with Gasteiger partial charge in [0.1, 0.15) is 9.87 Å². The monoisotopic (exact) mass is 322 g/mol. The van der Waals surface area contributed by atoms with Gasteiger partial charge in [0, 0.05) is 24.0 Å². The van der Waals surface area contributed by atoms with E-state index in [1.54, 1.807) is 0 Å². The van der Waals surface area contributed by atoms with Crippen LogP contribution < -0.4 is 0 Å². The first kappa shape index (κ1) is 14.8. The van der Waals surface area contributed by atoms with E-state index in [0.29, 0.717) is 12.8 Å². The van der Waals surface area contributed by atoms with Crippen LogP contribution >= 0.6 is 11.8 Å². The van der Waals surface area contributed by atoms with Gasteiger partial charge < -0.3 is 10.2 Å². The smallest absolute Gasteiger partial charge is 0.143 e. The van der Waals surface area contributed by atoms with Crippen LogP contribution in [-0.2, 0) is 9.87 Å². The summed E-state index contributed by atoms with van der Waals surface area (Å²) in [6.45, 7) is 0. The second-order valence-corrected chi connectivity index (χ2v) is 7.61. The number of benzene rings is 2. The van der Waals surface area contributed by atoms with Gasteiger partial charge in [-0.25, -0.2) is 0 Å². The van der Waals surface area contributed by atoms with Crippen molar-refractivity contribution in [3.63, 3.8) is 0 Å². The summed E-state index contributed by atoms with van der Waals surface area (Å²) < 4.78 is 0. The van der Waals surface area contributed by atoms with Gasteiger partial charge in [-0.15, -0.1) is 0 Å². The average Bonchev–Trinajstić information content (AvgIpc) is 2.55. The van der Waals surface area contributed by atoms with E-state index in [1.165, 1.54) is 11.8 Å². The van der Waals surface area contributed by atoms with Crippen molar-refractivity contribution in [3.05, 3.63) is 82.9 Å². The lowest BCUT2D eigenvalue weighted by Gasteiger charge is -2.40. The highest BCUT2D eigenvalue weighted by Crippen LogP contribution is 2.54. The maximum atomic E-state index is 11.3. The Morgan fingerprint density at radius 1 is 0.696 bits per heavy atom. The maximum absolute atomic E-state index is 11.3. The molecule has 0 saturated carbocycles. The van der Waals surface area contributed by atoms with E-state index < -0.39 is 9.87 Å². The van der Waals surface area contributed by atoms with Gasteiger partial charge >= 0.3 is 0 Å². The van der Waals surface area contributed by atoms with Crippen molar-refractivity contribution in [2.75, 3.05) is 0 Å². The molecule has 2 atom stereocenters. The summed E-state index contributed by atoms with van der Waals surface area (Å²) in [6, 6.07) is 15.7. The summed E-state index contributed by atoms with van der Waals surface area (Å²) in [4.78, 5) is -2.25. The molecule has 0 aromatic heterocycles. The van der Waals surface area contributed by atoms with Crippen molar-refractivity contribution >= 4 is 23.9 Å². The Morgan fingerprint density at radius 2 is 1.13 bits per heavy atom. The van der Waals surface area contributed by atoms with E-state index in [1.807, 2.05) is 72.8 Å². The lowest BCUT2D eigenvalue weighted by Crippen LogP contribution is -2.34. The topological polar surface area (TPSA) is 40.5 Å². The summed E-state index contributed by atoms with van der Waals surface area (Å²) in [5.41, 5.74) is 3.76. The van der Waals surface area contributed by atoms with Crippen LogP contribution in [0.25, 0.3) is 12.2 Å². The molecule has 0 heterocycles. The molecule has 0 spiro atoms. The summed E-state index contributed by atoms with van der Waals surface area (Å²) in [7, 11) is 0. The third-order valence-corrected chi connectivity index (χ3v) is 5.93. The predicted molar refractivity (Wildman–Crippen MR) is 95.6 cm³/mol. The number of aliphatic hydroxyl groups is 2. The molecule has 4 rings (SSSR count). The molecule has 116 valence electrons. The molecule has 3 heteroatoms. The highest BCUT2D eigenvalue weighted by atomic mass is 32.2. The molecule has 2 aliphatic carbocycles. The minimum atomic E-state index is -1.13. The van der Waals surface area contributed by atoms with Crippen LogP contribution in [0.15, 0.2) is 60.7 Å². The van der Waals surface area contributed by atoms with E-state index in [0.717, 1.165) is 22.3 Å². The molecule has 23 heavy (non-hydrogen) atoms. The van der Waals surface area contributed by atoms with Gasteiger partial charge in [0.15, 0.2) is 0 Å². The first-order chi connectivity index (χ1) is 11.1. The number of thioether (sulfide) groups is 1. The van der Waals surface area contributed by atoms with E-state index in [2.05, 4.69) is 0 Å². The van der Waals surface area contributed by atoms with Gasteiger partial charge in [0.05, 0.1) is 0 Å². The number of fused-ring (bicyclic) bond motifs is 2. The van der Waals surface area contributed by atoms with Gasteiger partial charge in [-0.1, -0.05) is 84.6 Å². The number of hydrogen-bond acceptors (Lipinski definition) is 3. The molecule has 2 aliphatic rings. The molecular formula is C20H18O2S. The summed E-state index contributed by atoms with van der Waals surface area (Å²) in [5, 5.41) is 22.6. The van der Waals surface area contributed by atoms with Crippen molar-refractivity contribution in [3.8, 4) is 0 Å². The molecule has 0 aliphatic heterocycles. The molecule has 0 bridgehead atoms. The first-order valence-corrected chi connectivity index (χ1v) is 8.59. The summed E-state index contributed by atoms with van der Waals surface area (Å²) in [6.07, 6.45) is 8.99. The van der Waals surface area contributed by atoms with Gasteiger partial charge in [0.25, 0.3) is 0 Å². The fourth-order valence-electron chi connectivity index (χ4n) is 3.38. The van der Waals surface area contributed by atoms with E-state index in [4.69, 9.17) is 0 Å². The first-order valence-electron chi connectivity index (χ1n) is 7.78. The Labute approximate surface area is 140 Å². The fraction of sp³-hybridized carbons (Fsp3) is 0.200. The third-order valence-electron chi connectivity index (χ3n) is 4.48. The zero-order chi connectivity index (χ0) is 15.9. The third kappa shape index (κ3) is 2.45. The van der Waals surface area contributed by atoms with Gasteiger partial charge in [-0.3, -0.25) is 0 Å². The zero-order valence-corrected chi connectivity index (χ0v) is 13.5. The molecule has 2 nitrogen and oxygen atoms in total. The largest absolute Gasteiger partial charge is 0.375 e. The van der Waals surface area contributed by atoms with Crippen LogP contribution in [0.3, 0.4) is 0 Å². The maximum Gasteiger partial charge on any atom is 0.143 e. The zero-order valence-electron chi connectivity index (χ0n) is 12.6. The minimum absolute atomic E-state index is 0.489. The molecule has 0 saturated heterocycles.